The van der Waals surface area contributed by atoms with Crippen molar-refractivity contribution in [3.05, 3.63) is 36.0 Å². The fraction of sp³-hybridized carbons (Fsp3) is 0.333. The molecule has 62 valence electrons. The Bertz CT molecular complexity index is 196. The highest BCUT2D eigenvalue weighted by Gasteiger charge is 1.98. The fourth-order valence-corrected chi connectivity index (χ4v) is 0.502. The molecule has 0 amide bonds. The van der Waals surface area contributed by atoms with Gasteiger partial charge in [0, 0.05) is 6.42 Å². The van der Waals surface area contributed by atoms with E-state index in [0.29, 0.717) is 0 Å². The second kappa shape index (κ2) is 4.83. The molecular weight excluding hydrogens is 146 g/mol. The molecule has 0 N–H and O–H groups in total. The molecule has 0 bridgehead atoms. The molecule has 11 heavy (non-hydrogen) atoms. The van der Waals surface area contributed by atoms with Crippen LogP contribution < -0.4 is 0 Å². The molecule has 0 aliphatic heterocycles. The van der Waals surface area contributed by atoms with E-state index in [2.05, 4.69) is 6.58 Å². The molecule has 0 aromatic heterocycles. The Kier molecular flexibility index (Phi) is 4.42. The van der Waals surface area contributed by atoms with Crippen molar-refractivity contribution in [2.24, 2.45) is 0 Å². The van der Waals surface area contributed by atoms with Gasteiger partial charge in [-0.15, -0.1) is 0 Å². The molecule has 0 fully saturated rings. The van der Waals surface area contributed by atoms with Gasteiger partial charge < -0.3 is 0 Å². The van der Waals surface area contributed by atoms with Crippen LogP contribution in [0, 0.1) is 0 Å². The Labute approximate surface area is 65.9 Å². The molecule has 0 saturated carbocycles. The third kappa shape index (κ3) is 4.48. The molecule has 0 spiro atoms. The summed E-state index contributed by atoms with van der Waals surface area (Å²) in [5.41, 5.74) is 0.969. The molecule has 0 aromatic carbocycles. The van der Waals surface area contributed by atoms with Crippen LogP contribution in [0.25, 0.3) is 0 Å². The Balaban J connectivity index is 4.17. The first kappa shape index (κ1) is 10.1. The van der Waals surface area contributed by atoms with Crippen molar-refractivity contribution in [3.63, 3.8) is 0 Å². The molecule has 0 aromatic rings. The van der Waals surface area contributed by atoms with E-state index in [1.165, 1.54) is 0 Å². The van der Waals surface area contributed by atoms with Crippen LogP contribution in [0.15, 0.2) is 36.0 Å². The van der Waals surface area contributed by atoms with Crippen molar-refractivity contribution in [1.29, 1.82) is 0 Å². The van der Waals surface area contributed by atoms with Crippen molar-refractivity contribution in [1.82, 2.24) is 0 Å². The van der Waals surface area contributed by atoms with Crippen LogP contribution >= 0.6 is 0 Å². The quantitative estimate of drug-likeness (QED) is 0.434. The summed E-state index contributed by atoms with van der Waals surface area (Å²) in [6.45, 7) is 6.78. The standard InChI is InChI=1S/C9H12F2/c1-4-8(10)9(11)6-5-7(2)3/h4-5H,1,6H2,2-3H3/b9-8-. The number of allylic oxidation sites excluding steroid dienone is 5. The maximum absolute atomic E-state index is 12.5. The average molecular weight is 158 g/mol. The van der Waals surface area contributed by atoms with Crippen LogP contribution in [-0.4, -0.2) is 0 Å². The van der Waals surface area contributed by atoms with Gasteiger partial charge in [-0.25, -0.2) is 8.78 Å². The van der Waals surface area contributed by atoms with Crippen LogP contribution in [0.1, 0.15) is 20.3 Å². The van der Waals surface area contributed by atoms with Gasteiger partial charge in [0.05, 0.1) is 0 Å². The molecule has 0 nitrogen and oxygen atoms in total. The second-order valence-electron chi connectivity index (χ2n) is 2.44. The van der Waals surface area contributed by atoms with Crippen LogP contribution in [0.3, 0.4) is 0 Å². The first-order valence-corrected chi connectivity index (χ1v) is 3.38. The first-order chi connectivity index (χ1) is 5.07. The molecule has 0 atom stereocenters. The van der Waals surface area contributed by atoms with Gasteiger partial charge >= 0.3 is 0 Å². The zero-order chi connectivity index (χ0) is 8.85. The minimum Gasteiger partial charge on any atom is -0.208 e. The van der Waals surface area contributed by atoms with Crippen molar-refractivity contribution >= 4 is 0 Å². The minimum atomic E-state index is -0.873. The number of halogens is 2. The molecular formula is C9H12F2. The Morgan fingerprint density at radius 3 is 2.27 bits per heavy atom. The summed E-state index contributed by atoms with van der Waals surface area (Å²) in [5, 5.41) is 0. The highest BCUT2D eigenvalue weighted by Crippen LogP contribution is 2.13. The fourth-order valence-electron chi connectivity index (χ4n) is 0.502. The lowest BCUT2D eigenvalue weighted by molar-refractivity contribution is 0.540. The van der Waals surface area contributed by atoms with Crippen molar-refractivity contribution in [2.75, 3.05) is 0 Å². The van der Waals surface area contributed by atoms with Crippen molar-refractivity contribution < 1.29 is 8.78 Å². The van der Waals surface area contributed by atoms with Gasteiger partial charge in [-0.2, -0.15) is 0 Å². The summed E-state index contributed by atoms with van der Waals surface area (Å²) in [6.07, 6.45) is 2.51. The SMILES string of the molecule is C=C/C(F)=C(/F)CC=C(C)C. The Morgan fingerprint density at radius 2 is 1.91 bits per heavy atom. The summed E-state index contributed by atoms with van der Waals surface area (Å²) in [6, 6.07) is 0. The van der Waals surface area contributed by atoms with E-state index in [-0.39, 0.29) is 6.42 Å². The lowest BCUT2D eigenvalue weighted by Gasteiger charge is -1.92. The van der Waals surface area contributed by atoms with Gasteiger partial charge in [0.25, 0.3) is 0 Å². The molecule has 0 rings (SSSR count). The normalized spacial score (nSPS) is 12.0. The van der Waals surface area contributed by atoms with Crippen molar-refractivity contribution in [2.45, 2.75) is 20.3 Å². The van der Waals surface area contributed by atoms with E-state index < -0.39 is 11.7 Å². The monoisotopic (exact) mass is 158 g/mol. The van der Waals surface area contributed by atoms with Gasteiger partial charge in [0.1, 0.15) is 5.83 Å². The van der Waals surface area contributed by atoms with E-state index in [1.807, 2.05) is 13.8 Å². The third-order valence-electron chi connectivity index (χ3n) is 1.13. The lowest BCUT2D eigenvalue weighted by Crippen LogP contribution is -1.76. The topological polar surface area (TPSA) is 0 Å². The largest absolute Gasteiger partial charge is 0.208 e. The summed E-state index contributed by atoms with van der Waals surface area (Å²) >= 11 is 0. The third-order valence-corrected chi connectivity index (χ3v) is 1.13. The molecule has 0 unspecified atom stereocenters. The maximum atomic E-state index is 12.5. The summed E-state index contributed by atoms with van der Waals surface area (Å²) in [5.74, 6) is -1.64. The van der Waals surface area contributed by atoms with Gasteiger partial charge in [-0.3, -0.25) is 0 Å². The number of hydrogen-bond donors (Lipinski definition) is 0. The van der Waals surface area contributed by atoms with Gasteiger partial charge in [-0.1, -0.05) is 18.2 Å². The van der Waals surface area contributed by atoms with Crippen molar-refractivity contribution in [3.8, 4) is 0 Å². The van der Waals surface area contributed by atoms with Crippen LogP contribution in [0.2, 0.25) is 0 Å². The molecule has 2 heteroatoms. The molecule has 0 radical (unpaired) electrons. The molecule has 0 aliphatic rings. The second-order valence-corrected chi connectivity index (χ2v) is 2.44. The molecule has 0 heterocycles. The Morgan fingerprint density at radius 1 is 1.36 bits per heavy atom. The number of rotatable bonds is 3. The van der Waals surface area contributed by atoms with Gasteiger partial charge in [0.15, 0.2) is 5.83 Å². The van der Waals surface area contributed by atoms with E-state index in [1.54, 1.807) is 6.08 Å². The molecule has 0 saturated heterocycles. The van der Waals surface area contributed by atoms with Crippen LogP contribution in [-0.2, 0) is 0 Å². The zero-order valence-corrected chi connectivity index (χ0v) is 6.82. The van der Waals surface area contributed by atoms with Gasteiger partial charge in [0.2, 0.25) is 0 Å². The average Bonchev–Trinajstić information content (AvgIpc) is 1.98. The van der Waals surface area contributed by atoms with Crippen LogP contribution in [0.5, 0.6) is 0 Å². The van der Waals surface area contributed by atoms with E-state index in [4.69, 9.17) is 0 Å². The zero-order valence-electron chi connectivity index (χ0n) is 6.82. The summed E-state index contributed by atoms with van der Waals surface area (Å²) in [4.78, 5) is 0. The van der Waals surface area contributed by atoms with Crippen LogP contribution in [0.4, 0.5) is 8.78 Å². The summed E-state index contributed by atoms with van der Waals surface area (Å²) < 4.78 is 24.9. The van der Waals surface area contributed by atoms with E-state index in [0.717, 1.165) is 11.6 Å². The highest BCUT2D eigenvalue weighted by molar-refractivity contribution is 5.15. The lowest BCUT2D eigenvalue weighted by atomic mass is 10.2. The predicted octanol–water partition coefficient (Wildman–Crippen LogP) is 3.68. The van der Waals surface area contributed by atoms with E-state index in [9.17, 15) is 8.78 Å². The smallest absolute Gasteiger partial charge is 0.154 e. The predicted molar refractivity (Wildman–Crippen MR) is 43.5 cm³/mol. The number of hydrogen-bond acceptors (Lipinski definition) is 0. The molecule has 0 aliphatic carbocycles. The first-order valence-electron chi connectivity index (χ1n) is 3.38. The van der Waals surface area contributed by atoms with Gasteiger partial charge in [-0.05, 0) is 19.9 Å². The van der Waals surface area contributed by atoms with E-state index >= 15 is 0 Å². The Hall–Kier alpha value is -0.920. The minimum absolute atomic E-state index is 0.0141. The maximum Gasteiger partial charge on any atom is 0.154 e. The summed E-state index contributed by atoms with van der Waals surface area (Å²) in [7, 11) is 0. The highest BCUT2D eigenvalue weighted by atomic mass is 19.2.